The van der Waals surface area contributed by atoms with Crippen LogP contribution in [-0.2, 0) is 8.85 Å². The molecule has 0 aromatic carbocycles. The van der Waals surface area contributed by atoms with E-state index in [2.05, 4.69) is 22.6 Å². The molecular weight excluding hydrogens is 223 g/mol. The standard InChI is InChI=1S/C3H9IO2Si/c1-5-7(3-4)6-2/h7H,3H2,1-2H3. The lowest BCUT2D eigenvalue weighted by Gasteiger charge is -2.04. The van der Waals surface area contributed by atoms with Gasteiger partial charge in [-0.05, 0) is 0 Å². The summed E-state index contributed by atoms with van der Waals surface area (Å²) in [6, 6.07) is 0. The second-order valence-electron chi connectivity index (χ2n) is 1.06. The summed E-state index contributed by atoms with van der Waals surface area (Å²) in [5.74, 6) is 0. The Balaban J connectivity index is 2.99. The summed E-state index contributed by atoms with van der Waals surface area (Å²) >= 11 is 2.26. The van der Waals surface area contributed by atoms with Gasteiger partial charge in [0.05, 0.1) is 0 Å². The lowest BCUT2D eigenvalue weighted by Crippen LogP contribution is -2.20. The van der Waals surface area contributed by atoms with Crippen LogP contribution in [0, 0.1) is 0 Å². The highest BCUT2D eigenvalue weighted by Gasteiger charge is 2.03. The van der Waals surface area contributed by atoms with Crippen molar-refractivity contribution in [3.63, 3.8) is 0 Å². The average Bonchev–Trinajstić information content (AvgIpc) is 1.72. The van der Waals surface area contributed by atoms with Crippen LogP contribution in [0.5, 0.6) is 0 Å². The van der Waals surface area contributed by atoms with E-state index >= 15 is 0 Å². The summed E-state index contributed by atoms with van der Waals surface area (Å²) in [7, 11) is 2.20. The maximum Gasteiger partial charge on any atom is 0.330 e. The van der Waals surface area contributed by atoms with E-state index in [-0.39, 0.29) is 0 Å². The van der Waals surface area contributed by atoms with Crippen LogP contribution in [0.1, 0.15) is 0 Å². The van der Waals surface area contributed by atoms with Crippen molar-refractivity contribution in [2.45, 2.75) is 0 Å². The highest BCUT2D eigenvalue weighted by molar-refractivity contribution is 14.1. The molecule has 0 aromatic heterocycles. The van der Waals surface area contributed by atoms with Gasteiger partial charge in [0.25, 0.3) is 0 Å². The smallest absolute Gasteiger partial charge is 0.330 e. The zero-order valence-corrected chi connectivity index (χ0v) is 7.79. The molecule has 0 saturated heterocycles. The van der Waals surface area contributed by atoms with Gasteiger partial charge in [0, 0.05) is 18.3 Å². The van der Waals surface area contributed by atoms with Crippen molar-refractivity contribution >= 4 is 31.9 Å². The Morgan fingerprint density at radius 3 is 1.86 bits per heavy atom. The van der Waals surface area contributed by atoms with E-state index in [1.54, 1.807) is 14.2 Å². The van der Waals surface area contributed by atoms with E-state index in [1.807, 2.05) is 0 Å². The summed E-state index contributed by atoms with van der Waals surface area (Å²) in [6.45, 7) is 0. The van der Waals surface area contributed by atoms with Crippen molar-refractivity contribution in [2.75, 3.05) is 18.3 Å². The molecule has 0 N–H and O–H groups in total. The van der Waals surface area contributed by atoms with Crippen LogP contribution in [0.2, 0.25) is 0 Å². The zero-order chi connectivity index (χ0) is 5.70. The first-order valence-electron chi connectivity index (χ1n) is 1.96. The first-order valence-corrected chi connectivity index (χ1v) is 5.25. The topological polar surface area (TPSA) is 18.5 Å². The van der Waals surface area contributed by atoms with Gasteiger partial charge in [-0.3, -0.25) is 0 Å². The molecule has 0 heterocycles. The van der Waals surface area contributed by atoms with Crippen molar-refractivity contribution in [1.29, 1.82) is 0 Å². The average molecular weight is 232 g/mol. The number of alkyl halides is 1. The Hall–Kier alpha value is 0.867. The van der Waals surface area contributed by atoms with E-state index in [1.165, 1.54) is 0 Å². The molecule has 0 saturated carbocycles. The first-order chi connectivity index (χ1) is 3.35. The lowest BCUT2D eigenvalue weighted by atomic mass is 11.8. The fourth-order valence-corrected chi connectivity index (χ4v) is 2.82. The Morgan fingerprint density at radius 1 is 1.43 bits per heavy atom. The van der Waals surface area contributed by atoms with Gasteiger partial charge in [0.1, 0.15) is 0 Å². The molecule has 0 aliphatic carbocycles. The molecule has 0 aromatic rings. The van der Waals surface area contributed by atoms with Gasteiger partial charge in [0.15, 0.2) is 0 Å². The van der Waals surface area contributed by atoms with Crippen LogP contribution in [0.15, 0.2) is 0 Å². The van der Waals surface area contributed by atoms with Gasteiger partial charge in [-0.15, -0.1) is 0 Å². The highest BCUT2D eigenvalue weighted by atomic mass is 127. The lowest BCUT2D eigenvalue weighted by molar-refractivity contribution is 0.285. The fraction of sp³-hybridized carbons (Fsp3) is 1.00. The maximum absolute atomic E-state index is 4.96. The Morgan fingerprint density at radius 2 is 1.86 bits per heavy atom. The Labute approximate surface area is 59.2 Å². The summed E-state index contributed by atoms with van der Waals surface area (Å²) in [4.78, 5) is 0. The number of hydrogen-bond donors (Lipinski definition) is 0. The molecule has 0 spiro atoms. The van der Waals surface area contributed by atoms with Gasteiger partial charge < -0.3 is 8.85 Å². The fourth-order valence-electron chi connectivity index (χ4n) is 0.222. The molecule has 0 aliphatic rings. The molecule has 0 amide bonds. The molecular formula is C3H9IO2Si. The number of hydrogen-bond acceptors (Lipinski definition) is 2. The minimum atomic E-state index is -1.18. The van der Waals surface area contributed by atoms with Crippen LogP contribution in [0.3, 0.4) is 0 Å². The molecule has 44 valence electrons. The molecule has 0 rings (SSSR count). The van der Waals surface area contributed by atoms with E-state index in [4.69, 9.17) is 8.85 Å². The van der Waals surface area contributed by atoms with Gasteiger partial charge in [0.2, 0.25) is 0 Å². The molecule has 2 nitrogen and oxygen atoms in total. The molecule has 0 bridgehead atoms. The molecule has 0 radical (unpaired) electrons. The van der Waals surface area contributed by atoms with Crippen LogP contribution in [0.25, 0.3) is 0 Å². The summed E-state index contributed by atoms with van der Waals surface area (Å²) in [5, 5.41) is 0. The summed E-state index contributed by atoms with van der Waals surface area (Å²) < 4.78 is 10.9. The van der Waals surface area contributed by atoms with Crippen molar-refractivity contribution in [3.8, 4) is 0 Å². The van der Waals surface area contributed by atoms with Crippen LogP contribution >= 0.6 is 22.6 Å². The molecule has 0 unspecified atom stereocenters. The number of halogens is 1. The van der Waals surface area contributed by atoms with Crippen molar-refractivity contribution in [2.24, 2.45) is 0 Å². The third kappa shape index (κ3) is 3.45. The third-order valence-electron chi connectivity index (χ3n) is 0.652. The van der Waals surface area contributed by atoms with Gasteiger partial charge >= 0.3 is 9.28 Å². The first kappa shape index (κ1) is 7.87. The molecule has 0 aliphatic heterocycles. The summed E-state index contributed by atoms with van der Waals surface area (Å²) in [5.41, 5.74) is 0. The normalized spacial score (nSPS) is 10.3. The monoisotopic (exact) mass is 232 g/mol. The predicted octanol–water partition coefficient (Wildman–Crippen LogP) is 0.474. The zero-order valence-electron chi connectivity index (χ0n) is 4.48. The largest absolute Gasteiger partial charge is 0.399 e. The molecule has 0 atom stereocenters. The second kappa shape index (κ2) is 5.01. The maximum atomic E-state index is 4.96. The number of rotatable bonds is 3. The van der Waals surface area contributed by atoms with Gasteiger partial charge in [-0.1, -0.05) is 22.6 Å². The quantitative estimate of drug-likeness (QED) is 0.400. The van der Waals surface area contributed by atoms with Crippen LogP contribution < -0.4 is 0 Å². The minimum Gasteiger partial charge on any atom is -0.399 e. The summed E-state index contributed by atoms with van der Waals surface area (Å²) in [6.07, 6.45) is 0. The van der Waals surface area contributed by atoms with Gasteiger partial charge in [-0.25, -0.2) is 0 Å². The Bertz CT molecular complexity index is 34.4. The molecule has 4 heteroatoms. The van der Waals surface area contributed by atoms with Crippen molar-refractivity contribution in [1.82, 2.24) is 0 Å². The third-order valence-corrected chi connectivity index (χ3v) is 4.11. The van der Waals surface area contributed by atoms with Gasteiger partial charge in [-0.2, -0.15) is 0 Å². The van der Waals surface area contributed by atoms with Crippen LogP contribution in [-0.4, -0.2) is 27.6 Å². The van der Waals surface area contributed by atoms with E-state index in [0.717, 1.165) is 4.05 Å². The Kier molecular flexibility index (Phi) is 5.63. The predicted molar refractivity (Wildman–Crippen MR) is 40.1 cm³/mol. The van der Waals surface area contributed by atoms with E-state index in [0.29, 0.717) is 0 Å². The van der Waals surface area contributed by atoms with Crippen LogP contribution in [0.4, 0.5) is 0 Å². The minimum absolute atomic E-state index is 1.02. The van der Waals surface area contributed by atoms with E-state index < -0.39 is 9.28 Å². The molecule has 7 heavy (non-hydrogen) atoms. The SMILES string of the molecule is CO[SiH](CI)OC. The van der Waals surface area contributed by atoms with Crippen molar-refractivity contribution in [3.05, 3.63) is 0 Å². The highest BCUT2D eigenvalue weighted by Crippen LogP contribution is 1.89. The molecule has 0 fully saturated rings. The van der Waals surface area contributed by atoms with E-state index in [9.17, 15) is 0 Å². The second-order valence-corrected chi connectivity index (χ2v) is 5.81. The van der Waals surface area contributed by atoms with Crippen molar-refractivity contribution < 1.29 is 8.85 Å².